The van der Waals surface area contributed by atoms with Gasteiger partial charge in [-0.25, -0.2) is 12.7 Å². The van der Waals surface area contributed by atoms with E-state index in [0.29, 0.717) is 13.0 Å². The molecule has 1 aromatic carbocycles. The number of alkyl halides is 3. The number of sulfonamides is 1. The van der Waals surface area contributed by atoms with Crippen LogP contribution in [0.2, 0.25) is 0 Å². The molecular formula is C12H15F3NO2S-. The molecule has 7 heteroatoms. The Labute approximate surface area is 111 Å². The number of nitrogens with zero attached hydrogens (tertiary/aromatic N) is 1. The van der Waals surface area contributed by atoms with Gasteiger partial charge in [0.15, 0.2) is 0 Å². The predicted octanol–water partition coefficient (Wildman–Crippen LogP) is 2.94. The van der Waals surface area contributed by atoms with Crippen molar-refractivity contribution >= 4 is 10.0 Å². The summed E-state index contributed by atoms with van der Waals surface area (Å²) in [6, 6.07) is 3.49. The molecule has 0 fully saturated rings. The number of rotatable bonds is 5. The maximum atomic E-state index is 12.4. The Morgan fingerprint density at radius 1 is 1.21 bits per heavy atom. The van der Waals surface area contributed by atoms with Gasteiger partial charge in [-0.15, -0.1) is 0 Å². The van der Waals surface area contributed by atoms with Crippen LogP contribution in [0.1, 0.15) is 18.9 Å². The highest BCUT2D eigenvalue weighted by molar-refractivity contribution is 7.89. The van der Waals surface area contributed by atoms with Crippen LogP contribution in [0.15, 0.2) is 29.2 Å². The van der Waals surface area contributed by atoms with E-state index >= 15 is 0 Å². The fraction of sp³-hybridized carbons (Fsp3) is 0.417. The van der Waals surface area contributed by atoms with Gasteiger partial charge in [0.1, 0.15) is 0 Å². The van der Waals surface area contributed by atoms with Gasteiger partial charge >= 0.3 is 6.18 Å². The Balaban J connectivity index is 2.97. The zero-order valence-electron chi connectivity index (χ0n) is 10.6. The molecule has 0 saturated heterocycles. The summed E-state index contributed by atoms with van der Waals surface area (Å²) in [5, 5.41) is 0. The topological polar surface area (TPSA) is 37.4 Å². The normalized spacial score (nSPS) is 12.9. The molecular weight excluding hydrogens is 279 g/mol. The lowest BCUT2D eigenvalue weighted by Gasteiger charge is -2.19. The van der Waals surface area contributed by atoms with Crippen LogP contribution in [-0.4, -0.2) is 26.3 Å². The van der Waals surface area contributed by atoms with E-state index in [0.717, 1.165) is 28.6 Å². The fourth-order valence-corrected chi connectivity index (χ4v) is 2.61. The van der Waals surface area contributed by atoms with Crippen LogP contribution in [0.5, 0.6) is 0 Å². The third-order valence-corrected chi connectivity index (χ3v) is 4.49. The van der Waals surface area contributed by atoms with Crippen LogP contribution in [-0.2, 0) is 16.2 Å². The molecule has 0 unspecified atom stereocenters. The minimum absolute atomic E-state index is 0.140. The Morgan fingerprint density at radius 3 is 2.16 bits per heavy atom. The molecule has 0 N–H and O–H groups in total. The molecule has 0 aromatic heterocycles. The van der Waals surface area contributed by atoms with E-state index in [2.05, 4.69) is 0 Å². The highest BCUT2D eigenvalue weighted by atomic mass is 32.2. The molecule has 1 aromatic rings. The molecule has 0 heterocycles. The molecule has 0 spiro atoms. The van der Waals surface area contributed by atoms with E-state index in [1.807, 2.05) is 6.42 Å². The van der Waals surface area contributed by atoms with Crippen LogP contribution in [0.25, 0.3) is 0 Å². The minimum atomic E-state index is -4.47. The molecule has 0 bridgehead atoms. The summed E-state index contributed by atoms with van der Waals surface area (Å²) in [6.45, 7) is 2.10. The van der Waals surface area contributed by atoms with E-state index in [1.54, 1.807) is 6.92 Å². The molecule has 0 saturated carbocycles. The summed E-state index contributed by atoms with van der Waals surface area (Å²) in [6.07, 6.45) is -2.07. The highest BCUT2D eigenvalue weighted by Crippen LogP contribution is 2.30. The third kappa shape index (κ3) is 3.94. The van der Waals surface area contributed by atoms with Crippen LogP contribution in [0, 0.1) is 6.42 Å². The second kappa shape index (κ2) is 5.92. The standard InChI is InChI=1S/C12H15F3NO2S/c1-3-4-9-16(2)19(17,18)11-7-5-10(6-8-11)12(13,14)15/h3,5-8H,4,9H2,1-2H3/q-1. The molecule has 0 radical (unpaired) electrons. The van der Waals surface area contributed by atoms with Crippen molar-refractivity contribution in [3.63, 3.8) is 0 Å². The van der Waals surface area contributed by atoms with Crippen LogP contribution in [0.4, 0.5) is 13.2 Å². The Kier molecular flexibility index (Phi) is 4.98. The molecule has 19 heavy (non-hydrogen) atoms. The zero-order chi connectivity index (χ0) is 14.7. The number of hydrogen-bond acceptors (Lipinski definition) is 2. The lowest BCUT2D eigenvalue weighted by molar-refractivity contribution is -0.137. The number of halogens is 3. The molecule has 1 rings (SSSR count). The first-order chi connectivity index (χ1) is 8.69. The maximum absolute atomic E-state index is 12.4. The lowest BCUT2D eigenvalue weighted by atomic mass is 10.2. The zero-order valence-corrected chi connectivity index (χ0v) is 11.4. The average molecular weight is 294 g/mol. The van der Waals surface area contributed by atoms with Gasteiger partial charge in [-0.1, -0.05) is 0 Å². The molecule has 0 aliphatic carbocycles. The molecule has 0 atom stereocenters. The van der Waals surface area contributed by atoms with Crippen molar-refractivity contribution < 1.29 is 21.6 Å². The van der Waals surface area contributed by atoms with Gasteiger partial charge in [0.2, 0.25) is 10.0 Å². The molecule has 108 valence electrons. The lowest BCUT2D eigenvalue weighted by Crippen LogP contribution is -2.28. The first-order valence-electron chi connectivity index (χ1n) is 5.61. The summed E-state index contributed by atoms with van der Waals surface area (Å²) in [4.78, 5) is -0.140. The van der Waals surface area contributed by atoms with Gasteiger partial charge in [0, 0.05) is 7.05 Å². The quantitative estimate of drug-likeness (QED) is 0.783. The Morgan fingerprint density at radius 2 is 1.74 bits per heavy atom. The van der Waals surface area contributed by atoms with Crippen molar-refractivity contribution in [1.29, 1.82) is 0 Å². The predicted molar refractivity (Wildman–Crippen MR) is 65.9 cm³/mol. The van der Waals surface area contributed by atoms with Crippen molar-refractivity contribution in [2.45, 2.75) is 24.4 Å². The SMILES string of the molecule is C[CH-]CCN(C)S(=O)(=O)c1ccc(C(F)(F)F)cc1. The number of benzene rings is 1. The summed E-state index contributed by atoms with van der Waals surface area (Å²) in [5.41, 5.74) is -0.865. The number of hydrogen-bond donors (Lipinski definition) is 0. The smallest absolute Gasteiger partial charge is 0.330 e. The maximum Gasteiger partial charge on any atom is 0.416 e. The molecule has 0 amide bonds. The minimum Gasteiger partial charge on any atom is -0.330 e. The second-order valence-corrected chi connectivity index (χ2v) is 6.09. The second-order valence-electron chi connectivity index (χ2n) is 4.05. The molecule has 0 aliphatic rings. The van der Waals surface area contributed by atoms with Gasteiger partial charge in [0.05, 0.1) is 10.5 Å². The third-order valence-electron chi connectivity index (χ3n) is 2.62. The van der Waals surface area contributed by atoms with E-state index in [9.17, 15) is 21.6 Å². The van der Waals surface area contributed by atoms with E-state index < -0.39 is 21.8 Å². The van der Waals surface area contributed by atoms with Crippen molar-refractivity contribution in [3.05, 3.63) is 36.2 Å². The van der Waals surface area contributed by atoms with Crippen LogP contribution in [0.3, 0.4) is 0 Å². The average Bonchev–Trinajstić information content (AvgIpc) is 2.35. The summed E-state index contributed by atoms with van der Waals surface area (Å²) in [5.74, 6) is 0. The van der Waals surface area contributed by atoms with Crippen molar-refractivity contribution in [2.75, 3.05) is 13.6 Å². The first-order valence-corrected chi connectivity index (χ1v) is 7.05. The molecule has 0 aliphatic heterocycles. The van der Waals surface area contributed by atoms with Crippen molar-refractivity contribution in [3.8, 4) is 0 Å². The first kappa shape index (κ1) is 16.0. The van der Waals surface area contributed by atoms with E-state index in [4.69, 9.17) is 0 Å². The molecule has 3 nitrogen and oxygen atoms in total. The summed E-state index contributed by atoms with van der Waals surface area (Å²) >= 11 is 0. The largest absolute Gasteiger partial charge is 0.416 e. The van der Waals surface area contributed by atoms with E-state index in [-0.39, 0.29) is 4.90 Å². The van der Waals surface area contributed by atoms with Gasteiger partial charge in [-0.2, -0.15) is 26.5 Å². The fourth-order valence-electron chi connectivity index (χ4n) is 1.43. The van der Waals surface area contributed by atoms with Crippen molar-refractivity contribution in [2.24, 2.45) is 0 Å². The monoisotopic (exact) mass is 294 g/mol. The van der Waals surface area contributed by atoms with Crippen molar-refractivity contribution in [1.82, 2.24) is 4.31 Å². The number of unbranched alkanes of at least 4 members (excludes halogenated alkanes) is 1. The van der Waals surface area contributed by atoms with Gasteiger partial charge in [-0.05, 0) is 30.8 Å². The van der Waals surface area contributed by atoms with Crippen LogP contribution < -0.4 is 0 Å². The highest BCUT2D eigenvalue weighted by Gasteiger charge is 2.31. The Bertz CT molecular complexity index is 509. The van der Waals surface area contributed by atoms with Crippen LogP contribution >= 0.6 is 0 Å². The van der Waals surface area contributed by atoms with Gasteiger partial charge < -0.3 is 6.42 Å². The van der Waals surface area contributed by atoms with Gasteiger partial charge in [-0.3, -0.25) is 0 Å². The Hall–Kier alpha value is -1.08. The van der Waals surface area contributed by atoms with Gasteiger partial charge in [0.25, 0.3) is 0 Å². The summed E-state index contributed by atoms with van der Waals surface area (Å²) < 4.78 is 62.3. The van der Waals surface area contributed by atoms with E-state index in [1.165, 1.54) is 7.05 Å². The summed E-state index contributed by atoms with van der Waals surface area (Å²) in [7, 11) is -2.33.